The number of rotatable bonds is 1. The molecule has 28 heavy (non-hydrogen) atoms. The molecule has 0 fully saturated rings. The molecule has 3 heteroatoms. The van der Waals surface area contributed by atoms with Crippen molar-refractivity contribution >= 4 is 32.3 Å². The molecule has 0 heterocycles. The van der Waals surface area contributed by atoms with Gasteiger partial charge in [0.2, 0.25) is 0 Å². The first-order valence-corrected chi connectivity index (χ1v) is 9.03. The second-order valence-corrected chi connectivity index (χ2v) is 6.97. The number of fused-ring (bicyclic) bond motifs is 4. The molecule has 0 saturated heterocycles. The van der Waals surface area contributed by atoms with Crippen LogP contribution >= 0.6 is 0 Å². The van der Waals surface area contributed by atoms with Crippen molar-refractivity contribution in [2.75, 3.05) is 0 Å². The van der Waals surface area contributed by atoms with E-state index in [1.807, 2.05) is 36.4 Å². The van der Waals surface area contributed by atoms with E-state index in [2.05, 4.69) is 30.3 Å². The average molecular weight is 372 g/mol. The topological polar surface area (TPSA) is 0 Å². The van der Waals surface area contributed by atoms with Crippen LogP contribution in [-0.4, -0.2) is 0 Å². The first-order valence-electron chi connectivity index (χ1n) is 9.03. The van der Waals surface area contributed by atoms with Gasteiger partial charge >= 0.3 is 6.18 Å². The van der Waals surface area contributed by atoms with E-state index in [-0.39, 0.29) is 0 Å². The summed E-state index contributed by atoms with van der Waals surface area (Å²) in [6, 6.07) is 28.2. The summed E-state index contributed by atoms with van der Waals surface area (Å²) in [5.41, 5.74) is 1.45. The molecule has 0 aliphatic heterocycles. The monoisotopic (exact) mass is 372 g/mol. The Morgan fingerprint density at radius 2 is 1.14 bits per heavy atom. The maximum atomic E-state index is 13.0. The smallest absolute Gasteiger partial charge is 0.166 e. The second kappa shape index (κ2) is 6.10. The van der Waals surface area contributed by atoms with Crippen LogP contribution in [-0.2, 0) is 6.18 Å². The fraction of sp³-hybridized carbons (Fsp3) is 0.0400. The Bertz CT molecular complexity index is 1350. The molecule has 0 aliphatic rings. The van der Waals surface area contributed by atoms with E-state index < -0.39 is 11.7 Å². The summed E-state index contributed by atoms with van der Waals surface area (Å²) in [6.45, 7) is 0. The summed E-state index contributed by atoms with van der Waals surface area (Å²) in [6.07, 6.45) is -4.33. The predicted molar refractivity (Wildman–Crippen MR) is 109 cm³/mol. The molecule has 136 valence electrons. The van der Waals surface area contributed by atoms with Gasteiger partial charge in [0.05, 0.1) is 5.56 Å². The van der Waals surface area contributed by atoms with Crippen LogP contribution in [0.5, 0.6) is 0 Å². The van der Waals surface area contributed by atoms with Crippen LogP contribution < -0.4 is 0 Å². The lowest BCUT2D eigenvalue weighted by molar-refractivity contribution is -0.137. The maximum absolute atomic E-state index is 13.0. The summed E-state index contributed by atoms with van der Waals surface area (Å²) in [5.74, 6) is 0. The average Bonchev–Trinajstić information content (AvgIpc) is 2.72. The van der Waals surface area contributed by atoms with Gasteiger partial charge in [-0.15, -0.1) is 0 Å². The molecule has 0 aliphatic carbocycles. The minimum atomic E-state index is -4.33. The summed E-state index contributed by atoms with van der Waals surface area (Å²) >= 11 is 0. The maximum Gasteiger partial charge on any atom is 0.416 e. The Hall–Kier alpha value is -3.33. The zero-order valence-corrected chi connectivity index (χ0v) is 14.8. The predicted octanol–water partition coefficient (Wildman–Crippen LogP) is 7.83. The molecule has 0 nitrogen and oxygen atoms in total. The number of hydrogen-bond donors (Lipinski definition) is 0. The van der Waals surface area contributed by atoms with Gasteiger partial charge in [-0.3, -0.25) is 0 Å². The Labute approximate surface area is 159 Å². The van der Waals surface area contributed by atoms with Crippen molar-refractivity contribution in [3.63, 3.8) is 0 Å². The van der Waals surface area contributed by atoms with Gasteiger partial charge in [0, 0.05) is 0 Å². The lowest BCUT2D eigenvalue weighted by atomic mass is 9.92. The van der Waals surface area contributed by atoms with Crippen LogP contribution in [0.3, 0.4) is 0 Å². The van der Waals surface area contributed by atoms with Crippen LogP contribution in [0.25, 0.3) is 43.4 Å². The van der Waals surface area contributed by atoms with E-state index in [0.717, 1.165) is 33.4 Å². The molecule has 5 rings (SSSR count). The summed E-state index contributed by atoms with van der Waals surface area (Å²) < 4.78 is 38.9. The van der Waals surface area contributed by atoms with Crippen molar-refractivity contribution < 1.29 is 13.2 Å². The highest BCUT2D eigenvalue weighted by Gasteiger charge is 2.30. The van der Waals surface area contributed by atoms with E-state index in [4.69, 9.17) is 0 Å². The van der Waals surface area contributed by atoms with E-state index in [1.54, 1.807) is 12.1 Å². The zero-order valence-electron chi connectivity index (χ0n) is 14.8. The third-order valence-corrected chi connectivity index (χ3v) is 5.25. The quantitative estimate of drug-likeness (QED) is 0.263. The number of halogens is 3. The molecular formula is C25H15F3. The molecule has 5 aromatic carbocycles. The van der Waals surface area contributed by atoms with Crippen molar-refractivity contribution in [1.29, 1.82) is 0 Å². The molecule has 0 spiro atoms. The molecule has 0 bridgehead atoms. The number of hydrogen-bond acceptors (Lipinski definition) is 0. The largest absolute Gasteiger partial charge is 0.416 e. The van der Waals surface area contributed by atoms with Crippen molar-refractivity contribution in [2.24, 2.45) is 0 Å². The third kappa shape index (κ3) is 2.71. The van der Waals surface area contributed by atoms with Crippen LogP contribution in [0.1, 0.15) is 5.56 Å². The van der Waals surface area contributed by atoms with Crippen LogP contribution in [0.2, 0.25) is 0 Å². The van der Waals surface area contributed by atoms with Gasteiger partial charge < -0.3 is 0 Å². The fourth-order valence-corrected chi connectivity index (χ4v) is 3.88. The number of alkyl halides is 3. The molecule has 0 aromatic heterocycles. The molecule has 0 radical (unpaired) electrons. The van der Waals surface area contributed by atoms with E-state index in [0.29, 0.717) is 5.39 Å². The molecule has 0 unspecified atom stereocenters. The third-order valence-electron chi connectivity index (χ3n) is 5.25. The number of benzene rings is 5. The molecule has 0 atom stereocenters. The van der Waals surface area contributed by atoms with Crippen molar-refractivity contribution in [3.05, 3.63) is 96.6 Å². The Morgan fingerprint density at radius 3 is 1.93 bits per heavy atom. The van der Waals surface area contributed by atoms with Gasteiger partial charge in [0.25, 0.3) is 0 Å². The Kier molecular flexibility index (Phi) is 3.66. The van der Waals surface area contributed by atoms with Crippen LogP contribution in [0, 0.1) is 0 Å². The molecular weight excluding hydrogens is 357 g/mol. The van der Waals surface area contributed by atoms with Crippen molar-refractivity contribution in [2.45, 2.75) is 6.18 Å². The van der Waals surface area contributed by atoms with E-state index >= 15 is 0 Å². The van der Waals surface area contributed by atoms with Gasteiger partial charge in [0.1, 0.15) is 0 Å². The molecule has 5 aromatic rings. The minimum absolute atomic E-state index is 0.587. The minimum Gasteiger partial charge on any atom is -0.166 e. The van der Waals surface area contributed by atoms with Crippen LogP contribution in [0.4, 0.5) is 13.2 Å². The highest BCUT2D eigenvalue weighted by Crippen LogP contribution is 2.37. The highest BCUT2D eigenvalue weighted by molar-refractivity contribution is 6.14. The molecule has 0 amide bonds. The lowest BCUT2D eigenvalue weighted by Gasteiger charge is -2.12. The molecule has 0 saturated carbocycles. The lowest BCUT2D eigenvalue weighted by Crippen LogP contribution is -2.04. The van der Waals surface area contributed by atoms with Crippen LogP contribution in [0.15, 0.2) is 91.0 Å². The van der Waals surface area contributed by atoms with Gasteiger partial charge in [0.15, 0.2) is 0 Å². The Morgan fingerprint density at radius 1 is 0.500 bits per heavy atom. The van der Waals surface area contributed by atoms with Gasteiger partial charge in [-0.05, 0) is 67.7 Å². The van der Waals surface area contributed by atoms with Gasteiger partial charge in [-0.25, -0.2) is 0 Å². The Balaban J connectivity index is 1.76. The van der Waals surface area contributed by atoms with E-state index in [1.165, 1.54) is 16.8 Å². The highest BCUT2D eigenvalue weighted by atomic mass is 19.4. The van der Waals surface area contributed by atoms with Crippen molar-refractivity contribution in [1.82, 2.24) is 0 Å². The second-order valence-electron chi connectivity index (χ2n) is 6.97. The van der Waals surface area contributed by atoms with Gasteiger partial charge in [-0.2, -0.15) is 13.2 Å². The summed E-state index contributed by atoms with van der Waals surface area (Å²) in [4.78, 5) is 0. The zero-order chi connectivity index (χ0) is 19.3. The van der Waals surface area contributed by atoms with Gasteiger partial charge in [-0.1, -0.05) is 66.7 Å². The first kappa shape index (κ1) is 16.8. The normalized spacial score (nSPS) is 12.1. The first-order chi connectivity index (χ1) is 13.5. The fourth-order valence-electron chi connectivity index (χ4n) is 3.88. The summed E-state index contributed by atoms with van der Waals surface area (Å²) in [7, 11) is 0. The SMILES string of the molecule is FC(F)(F)c1ccc2cc(-c3cc4ccccc4c4ccccc34)ccc2c1. The standard InChI is InChI=1S/C25H15F3/c26-25(27,28)20-12-11-16-13-19(10-9-17(16)14-20)24-15-18-5-1-2-6-21(18)22-7-3-4-8-23(22)24/h1-15H. The van der Waals surface area contributed by atoms with Crippen molar-refractivity contribution in [3.8, 4) is 11.1 Å². The molecule has 0 N–H and O–H groups in total. The summed E-state index contributed by atoms with van der Waals surface area (Å²) in [5, 5.41) is 6.02. The van der Waals surface area contributed by atoms with E-state index in [9.17, 15) is 13.2 Å².